The Kier molecular flexibility index (Phi) is 4.93. The summed E-state index contributed by atoms with van der Waals surface area (Å²) in [5.74, 6) is 0.778. The molecule has 0 spiro atoms. The molecule has 1 aromatic rings. The summed E-state index contributed by atoms with van der Waals surface area (Å²) in [6.45, 7) is 10.8. The van der Waals surface area contributed by atoms with Gasteiger partial charge in [0.1, 0.15) is 11.9 Å². The fraction of sp³-hybridized carbons (Fsp3) is 0.533. The lowest BCUT2D eigenvalue weighted by atomic mass is 10.1. The predicted octanol–water partition coefficient (Wildman–Crippen LogP) is 3.96. The summed E-state index contributed by atoms with van der Waals surface area (Å²) in [5.41, 5.74) is 0.876. The summed E-state index contributed by atoms with van der Waals surface area (Å²) in [6.07, 6.45) is 0.384. The fourth-order valence-corrected chi connectivity index (χ4v) is 2.64. The number of aldehydes is 1. The zero-order valence-electron chi connectivity index (χ0n) is 12.7. The Labute approximate surface area is 117 Å². The Balaban J connectivity index is 2.92. The van der Waals surface area contributed by atoms with E-state index in [0.717, 1.165) is 17.6 Å². The van der Waals surface area contributed by atoms with Crippen molar-refractivity contribution >= 4 is 14.6 Å². The molecule has 1 rings (SSSR count). The maximum Gasteiger partial charge on any atom is 0.193 e. The van der Waals surface area contributed by atoms with Gasteiger partial charge in [0.15, 0.2) is 14.6 Å². The lowest BCUT2D eigenvalue weighted by Crippen LogP contribution is -2.42. The van der Waals surface area contributed by atoms with Crippen LogP contribution >= 0.6 is 0 Å². The van der Waals surface area contributed by atoms with Crippen LogP contribution in [-0.4, -0.2) is 21.7 Å². The van der Waals surface area contributed by atoms with Crippen LogP contribution in [0.1, 0.15) is 32.4 Å². The molecule has 0 bridgehead atoms. The second-order valence-corrected chi connectivity index (χ2v) is 11.0. The van der Waals surface area contributed by atoms with Crippen molar-refractivity contribution in [3.8, 4) is 5.75 Å². The van der Waals surface area contributed by atoms with Gasteiger partial charge in [0.2, 0.25) is 0 Å². The fourth-order valence-electron chi connectivity index (χ4n) is 1.46. The SMILES string of the molecule is COc1ccc(C(C=O)O[Si](C)(C)C(C)(C)C)cc1. The first-order chi connectivity index (χ1) is 8.71. The second kappa shape index (κ2) is 5.88. The molecule has 0 aliphatic rings. The zero-order valence-corrected chi connectivity index (χ0v) is 13.7. The van der Waals surface area contributed by atoms with Gasteiger partial charge in [0.25, 0.3) is 0 Å². The normalized spacial score (nSPS) is 14.0. The Morgan fingerprint density at radius 3 is 2.05 bits per heavy atom. The number of hydrogen-bond donors (Lipinski definition) is 0. The van der Waals surface area contributed by atoms with Crippen molar-refractivity contribution < 1.29 is 14.0 Å². The Bertz CT molecular complexity index is 418. The summed E-state index contributed by atoms with van der Waals surface area (Å²) in [5, 5.41) is 0.0841. The molecule has 106 valence electrons. The van der Waals surface area contributed by atoms with Gasteiger partial charge in [-0.25, -0.2) is 0 Å². The van der Waals surface area contributed by atoms with Gasteiger partial charge < -0.3 is 14.0 Å². The third-order valence-electron chi connectivity index (χ3n) is 3.80. The van der Waals surface area contributed by atoms with Gasteiger partial charge >= 0.3 is 0 Å². The monoisotopic (exact) mass is 280 g/mol. The van der Waals surface area contributed by atoms with E-state index in [4.69, 9.17) is 9.16 Å². The minimum atomic E-state index is -1.96. The van der Waals surface area contributed by atoms with Gasteiger partial charge in [-0.3, -0.25) is 0 Å². The lowest BCUT2D eigenvalue weighted by Gasteiger charge is -2.38. The minimum absolute atomic E-state index is 0.0841. The van der Waals surface area contributed by atoms with E-state index in [0.29, 0.717) is 0 Å². The first-order valence-electron chi connectivity index (χ1n) is 6.48. The van der Waals surface area contributed by atoms with Crippen LogP contribution in [0.2, 0.25) is 18.1 Å². The molecule has 1 atom stereocenters. The molecule has 0 aromatic heterocycles. The molecule has 0 aliphatic carbocycles. The maximum absolute atomic E-state index is 11.3. The van der Waals surface area contributed by atoms with E-state index in [1.807, 2.05) is 24.3 Å². The van der Waals surface area contributed by atoms with Crippen LogP contribution in [0.25, 0.3) is 0 Å². The first-order valence-corrected chi connectivity index (χ1v) is 9.39. The number of rotatable bonds is 5. The molecule has 19 heavy (non-hydrogen) atoms. The largest absolute Gasteiger partial charge is 0.497 e. The molecule has 0 radical (unpaired) electrons. The van der Waals surface area contributed by atoms with E-state index in [9.17, 15) is 4.79 Å². The van der Waals surface area contributed by atoms with E-state index < -0.39 is 14.4 Å². The predicted molar refractivity (Wildman–Crippen MR) is 80.1 cm³/mol. The number of carbonyl (C=O) groups excluding carboxylic acids is 1. The Morgan fingerprint density at radius 1 is 1.16 bits per heavy atom. The third kappa shape index (κ3) is 3.91. The number of hydrogen-bond acceptors (Lipinski definition) is 3. The van der Waals surface area contributed by atoms with Crippen LogP contribution in [0, 0.1) is 0 Å². The summed E-state index contributed by atoms with van der Waals surface area (Å²) in [4.78, 5) is 11.3. The van der Waals surface area contributed by atoms with Crippen LogP contribution in [-0.2, 0) is 9.22 Å². The van der Waals surface area contributed by atoms with E-state index in [2.05, 4.69) is 33.9 Å². The highest BCUT2D eigenvalue weighted by molar-refractivity contribution is 6.74. The molecule has 0 saturated carbocycles. The van der Waals surface area contributed by atoms with E-state index in [1.165, 1.54) is 0 Å². The average molecular weight is 280 g/mol. The first kappa shape index (κ1) is 15.9. The molecule has 0 heterocycles. The van der Waals surface area contributed by atoms with Crippen LogP contribution in [0.5, 0.6) is 5.75 Å². The number of carbonyl (C=O) groups is 1. The van der Waals surface area contributed by atoms with Crippen molar-refractivity contribution in [1.29, 1.82) is 0 Å². The second-order valence-electron chi connectivity index (χ2n) is 6.21. The topological polar surface area (TPSA) is 35.5 Å². The van der Waals surface area contributed by atoms with Crippen molar-refractivity contribution in [3.05, 3.63) is 29.8 Å². The molecule has 0 saturated heterocycles. The Hall–Kier alpha value is -1.13. The van der Waals surface area contributed by atoms with Crippen LogP contribution < -0.4 is 4.74 Å². The highest BCUT2D eigenvalue weighted by Gasteiger charge is 2.39. The highest BCUT2D eigenvalue weighted by atomic mass is 28.4. The standard InChI is InChI=1S/C15H24O3Si/c1-15(2,3)19(5,6)18-14(11-16)12-7-9-13(17-4)10-8-12/h7-11,14H,1-6H3. The van der Waals surface area contributed by atoms with Crippen LogP contribution in [0.3, 0.4) is 0 Å². The van der Waals surface area contributed by atoms with Crippen molar-refractivity contribution in [2.75, 3.05) is 7.11 Å². The number of benzene rings is 1. The minimum Gasteiger partial charge on any atom is -0.497 e. The maximum atomic E-state index is 11.3. The van der Waals surface area contributed by atoms with Gasteiger partial charge in [-0.2, -0.15) is 0 Å². The van der Waals surface area contributed by atoms with E-state index in [1.54, 1.807) is 7.11 Å². The molecule has 4 heteroatoms. The average Bonchev–Trinajstić information content (AvgIpc) is 2.35. The Morgan fingerprint density at radius 2 is 1.68 bits per heavy atom. The van der Waals surface area contributed by atoms with Gasteiger partial charge in [0, 0.05) is 0 Å². The summed E-state index contributed by atoms with van der Waals surface area (Å²) in [7, 11) is -0.333. The van der Waals surface area contributed by atoms with Crippen molar-refractivity contribution in [1.82, 2.24) is 0 Å². The van der Waals surface area contributed by atoms with Crippen LogP contribution in [0.4, 0.5) is 0 Å². The summed E-state index contributed by atoms with van der Waals surface area (Å²) in [6, 6.07) is 7.46. The molecule has 1 aromatic carbocycles. The molecular weight excluding hydrogens is 256 g/mol. The quantitative estimate of drug-likeness (QED) is 0.605. The molecule has 0 N–H and O–H groups in total. The molecule has 0 aliphatic heterocycles. The van der Waals surface area contributed by atoms with Crippen molar-refractivity contribution in [2.24, 2.45) is 0 Å². The van der Waals surface area contributed by atoms with Crippen molar-refractivity contribution in [3.63, 3.8) is 0 Å². The highest BCUT2D eigenvalue weighted by Crippen LogP contribution is 2.39. The molecule has 0 amide bonds. The summed E-state index contributed by atoms with van der Waals surface area (Å²) < 4.78 is 11.3. The van der Waals surface area contributed by atoms with Gasteiger partial charge in [-0.1, -0.05) is 32.9 Å². The lowest BCUT2D eigenvalue weighted by molar-refractivity contribution is -0.114. The molecular formula is C15H24O3Si. The summed E-state index contributed by atoms with van der Waals surface area (Å²) >= 11 is 0. The van der Waals surface area contributed by atoms with Gasteiger partial charge in [0.05, 0.1) is 7.11 Å². The van der Waals surface area contributed by atoms with Crippen LogP contribution in [0.15, 0.2) is 24.3 Å². The smallest absolute Gasteiger partial charge is 0.193 e. The van der Waals surface area contributed by atoms with Gasteiger partial charge in [-0.15, -0.1) is 0 Å². The third-order valence-corrected chi connectivity index (χ3v) is 8.25. The van der Waals surface area contributed by atoms with E-state index >= 15 is 0 Å². The van der Waals surface area contributed by atoms with Crippen molar-refractivity contribution in [2.45, 2.75) is 45.0 Å². The molecule has 1 unspecified atom stereocenters. The van der Waals surface area contributed by atoms with Gasteiger partial charge in [-0.05, 0) is 35.8 Å². The molecule has 3 nitrogen and oxygen atoms in total. The van der Waals surface area contributed by atoms with E-state index in [-0.39, 0.29) is 5.04 Å². The number of ether oxygens (including phenoxy) is 1. The number of methoxy groups -OCH3 is 1. The zero-order chi connectivity index (χ0) is 14.7. The molecule has 0 fully saturated rings.